The minimum absolute atomic E-state index is 0.415. The van der Waals surface area contributed by atoms with Crippen LogP contribution in [0.25, 0.3) is 0 Å². The van der Waals surface area contributed by atoms with Crippen LogP contribution < -0.4 is 5.32 Å². The van der Waals surface area contributed by atoms with Crippen LogP contribution in [0.1, 0.15) is 31.6 Å². The Bertz CT molecular complexity index is 276. The summed E-state index contributed by atoms with van der Waals surface area (Å²) in [5.41, 5.74) is 0. The number of hydrogen-bond donors (Lipinski definition) is 1. The highest BCUT2D eigenvalue weighted by Gasteiger charge is 2.23. The number of hydrogen-bond acceptors (Lipinski definition) is 3. The molecule has 84 valence electrons. The van der Waals surface area contributed by atoms with Crippen LogP contribution in [0.2, 0.25) is 0 Å². The number of nitrogens with zero attached hydrogens (tertiary/aromatic N) is 1. The van der Waals surface area contributed by atoms with Gasteiger partial charge >= 0.3 is 0 Å². The first-order valence-corrected chi connectivity index (χ1v) is 5.76. The first-order chi connectivity index (χ1) is 7.31. The van der Waals surface area contributed by atoms with Crippen molar-refractivity contribution >= 4 is 0 Å². The standard InChI is InChI=1S/C12H20N2O/c1-10(12-4-3-9-15-12)14-7-5-11(13-2)6-8-14/h3-4,9-11,13H,5-8H2,1-2H3/t10-/m0/s1. The molecule has 2 rings (SSSR count). The van der Waals surface area contributed by atoms with E-state index in [0.717, 1.165) is 18.8 Å². The molecule has 1 aromatic heterocycles. The van der Waals surface area contributed by atoms with Gasteiger partial charge in [-0.05, 0) is 38.9 Å². The third-order valence-electron chi connectivity index (χ3n) is 3.44. The molecule has 1 aliphatic heterocycles. The van der Waals surface area contributed by atoms with Crippen molar-refractivity contribution < 1.29 is 4.42 Å². The predicted octanol–water partition coefficient (Wildman–Crippen LogP) is 2.02. The summed E-state index contributed by atoms with van der Waals surface area (Å²) in [5.74, 6) is 1.08. The first-order valence-electron chi connectivity index (χ1n) is 5.76. The van der Waals surface area contributed by atoms with Crippen LogP contribution in [-0.2, 0) is 0 Å². The highest BCUT2D eigenvalue weighted by Crippen LogP contribution is 2.24. The average Bonchev–Trinajstić information content (AvgIpc) is 2.82. The number of likely N-dealkylation sites (tertiary alicyclic amines) is 1. The largest absolute Gasteiger partial charge is 0.468 e. The second kappa shape index (κ2) is 4.81. The summed E-state index contributed by atoms with van der Waals surface area (Å²) in [7, 11) is 2.05. The van der Waals surface area contributed by atoms with E-state index < -0.39 is 0 Å². The zero-order chi connectivity index (χ0) is 10.7. The van der Waals surface area contributed by atoms with Crippen molar-refractivity contribution in [3.05, 3.63) is 24.2 Å². The fourth-order valence-electron chi connectivity index (χ4n) is 2.28. The molecule has 0 unspecified atom stereocenters. The van der Waals surface area contributed by atoms with E-state index in [2.05, 4.69) is 30.3 Å². The van der Waals surface area contributed by atoms with Gasteiger partial charge in [-0.1, -0.05) is 0 Å². The maximum absolute atomic E-state index is 5.44. The molecule has 1 aromatic rings. The Morgan fingerprint density at radius 3 is 2.73 bits per heavy atom. The van der Waals surface area contributed by atoms with Gasteiger partial charge in [0.1, 0.15) is 5.76 Å². The zero-order valence-electron chi connectivity index (χ0n) is 9.57. The molecular weight excluding hydrogens is 188 g/mol. The Balaban J connectivity index is 1.90. The molecule has 2 heterocycles. The van der Waals surface area contributed by atoms with Gasteiger partial charge in [-0.15, -0.1) is 0 Å². The van der Waals surface area contributed by atoms with E-state index in [-0.39, 0.29) is 0 Å². The Morgan fingerprint density at radius 2 is 2.20 bits per heavy atom. The van der Waals surface area contributed by atoms with Crippen molar-refractivity contribution in [3.63, 3.8) is 0 Å². The summed E-state index contributed by atoms with van der Waals surface area (Å²) in [6.07, 6.45) is 4.23. The molecule has 3 nitrogen and oxygen atoms in total. The fourth-order valence-corrected chi connectivity index (χ4v) is 2.28. The Kier molecular flexibility index (Phi) is 3.44. The molecule has 1 saturated heterocycles. The van der Waals surface area contributed by atoms with Gasteiger partial charge in [-0.2, -0.15) is 0 Å². The molecular formula is C12H20N2O. The van der Waals surface area contributed by atoms with Gasteiger partial charge in [0.25, 0.3) is 0 Å². The van der Waals surface area contributed by atoms with Crippen LogP contribution in [0.5, 0.6) is 0 Å². The molecule has 0 radical (unpaired) electrons. The van der Waals surface area contributed by atoms with Crippen molar-refractivity contribution in [1.82, 2.24) is 10.2 Å². The summed E-state index contributed by atoms with van der Waals surface area (Å²) >= 11 is 0. The lowest BCUT2D eigenvalue weighted by Gasteiger charge is -2.35. The van der Waals surface area contributed by atoms with Crippen molar-refractivity contribution in [1.29, 1.82) is 0 Å². The highest BCUT2D eigenvalue weighted by molar-refractivity contribution is 5.04. The number of nitrogens with one attached hydrogen (secondary N) is 1. The third-order valence-corrected chi connectivity index (χ3v) is 3.44. The summed E-state index contributed by atoms with van der Waals surface area (Å²) in [6.45, 7) is 4.54. The molecule has 1 N–H and O–H groups in total. The van der Waals surface area contributed by atoms with Crippen molar-refractivity contribution in [2.45, 2.75) is 31.8 Å². The molecule has 0 saturated carbocycles. The Morgan fingerprint density at radius 1 is 1.47 bits per heavy atom. The fraction of sp³-hybridized carbons (Fsp3) is 0.667. The second-order valence-corrected chi connectivity index (χ2v) is 4.29. The van der Waals surface area contributed by atoms with Gasteiger partial charge < -0.3 is 9.73 Å². The lowest BCUT2D eigenvalue weighted by Crippen LogP contribution is -2.42. The third kappa shape index (κ3) is 2.41. The molecule has 1 aliphatic rings. The van der Waals surface area contributed by atoms with Crippen LogP contribution >= 0.6 is 0 Å². The van der Waals surface area contributed by atoms with E-state index in [4.69, 9.17) is 4.42 Å². The van der Waals surface area contributed by atoms with Crippen molar-refractivity contribution in [2.24, 2.45) is 0 Å². The molecule has 1 atom stereocenters. The summed E-state index contributed by atoms with van der Waals surface area (Å²) in [6, 6.07) is 5.14. The number of furan rings is 1. The maximum Gasteiger partial charge on any atom is 0.120 e. The van der Waals surface area contributed by atoms with E-state index in [0.29, 0.717) is 12.1 Å². The molecule has 3 heteroatoms. The number of piperidine rings is 1. The summed E-state index contributed by atoms with van der Waals surface area (Å²) in [5, 5.41) is 3.35. The second-order valence-electron chi connectivity index (χ2n) is 4.29. The van der Waals surface area contributed by atoms with E-state index in [1.54, 1.807) is 6.26 Å². The monoisotopic (exact) mass is 208 g/mol. The van der Waals surface area contributed by atoms with Gasteiger partial charge in [-0.3, -0.25) is 4.90 Å². The molecule has 0 bridgehead atoms. The average molecular weight is 208 g/mol. The smallest absolute Gasteiger partial charge is 0.120 e. The van der Waals surface area contributed by atoms with Crippen LogP contribution in [0.4, 0.5) is 0 Å². The SMILES string of the molecule is CNC1CCN([C@@H](C)c2ccco2)CC1. The van der Waals surface area contributed by atoms with Crippen molar-refractivity contribution in [2.75, 3.05) is 20.1 Å². The lowest BCUT2D eigenvalue weighted by molar-refractivity contribution is 0.140. The van der Waals surface area contributed by atoms with E-state index in [1.165, 1.54) is 12.8 Å². The quantitative estimate of drug-likeness (QED) is 0.824. The molecule has 15 heavy (non-hydrogen) atoms. The number of rotatable bonds is 3. The van der Waals surface area contributed by atoms with Crippen molar-refractivity contribution in [3.8, 4) is 0 Å². The van der Waals surface area contributed by atoms with Crippen LogP contribution in [-0.4, -0.2) is 31.1 Å². The van der Waals surface area contributed by atoms with Gasteiger partial charge in [0, 0.05) is 19.1 Å². The van der Waals surface area contributed by atoms with Gasteiger partial charge in [0.2, 0.25) is 0 Å². The first kappa shape index (κ1) is 10.7. The Labute approximate surface area is 91.4 Å². The Hall–Kier alpha value is -0.800. The lowest BCUT2D eigenvalue weighted by atomic mass is 10.0. The summed E-state index contributed by atoms with van der Waals surface area (Å²) < 4.78 is 5.44. The van der Waals surface area contributed by atoms with Crippen LogP contribution in [0.15, 0.2) is 22.8 Å². The van der Waals surface area contributed by atoms with Gasteiger partial charge in [0.05, 0.1) is 12.3 Å². The summed E-state index contributed by atoms with van der Waals surface area (Å²) in [4.78, 5) is 2.49. The zero-order valence-corrected chi connectivity index (χ0v) is 9.57. The van der Waals surface area contributed by atoms with Crippen LogP contribution in [0.3, 0.4) is 0 Å². The molecule has 1 fully saturated rings. The topological polar surface area (TPSA) is 28.4 Å². The molecule has 0 amide bonds. The van der Waals surface area contributed by atoms with Gasteiger partial charge in [0.15, 0.2) is 0 Å². The minimum atomic E-state index is 0.415. The molecule has 0 spiro atoms. The van der Waals surface area contributed by atoms with E-state index >= 15 is 0 Å². The minimum Gasteiger partial charge on any atom is -0.468 e. The normalized spacial score (nSPS) is 21.7. The van der Waals surface area contributed by atoms with E-state index in [1.807, 2.05) is 6.07 Å². The van der Waals surface area contributed by atoms with Gasteiger partial charge in [-0.25, -0.2) is 0 Å². The van der Waals surface area contributed by atoms with Crippen LogP contribution in [0, 0.1) is 0 Å². The van der Waals surface area contributed by atoms with E-state index in [9.17, 15) is 0 Å². The highest BCUT2D eigenvalue weighted by atomic mass is 16.3. The predicted molar refractivity (Wildman–Crippen MR) is 60.8 cm³/mol. The molecule has 0 aliphatic carbocycles. The molecule has 0 aromatic carbocycles. The maximum atomic E-state index is 5.44.